The van der Waals surface area contributed by atoms with E-state index < -0.39 is 5.97 Å². The Morgan fingerprint density at radius 3 is 2.50 bits per heavy atom. The standard InChI is InChI=1S/C15H20N2O3/c1-9(2)10(3)17(12-4-5-12)14(18)13-8-11(15(19)20)6-7-16-13/h6-10,12H,4-5H2,1-3H3,(H,19,20). The van der Waals surface area contributed by atoms with Crippen molar-refractivity contribution in [2.45, 2.75) is 45.7 Å². The van der Waals surface area contributed by atoms with E-state index in [1.807, 2.05) is 11.8 Å². The van der Waals surface area contributed by atoms with E-state index in [0.717, 1.165) is 12.8 Å². The number of carboxylic acid groups (broad SMARTS) is 1. The van der Waals surface area contributed by atoms with Gasteiger partial charge < -0.3 is 10.0 Å². The number of carbonyl (C=O) groups excluding carboxylic acids is 1. The van der Waals surface area contributed by atoms with Gasteiger partial charge in [-0.05, 0) is 37.8 Å². The van der Waals surface area contributed by atoms with Crippen molar-refractivity contribution >= 4 is 11.9 Å². The van der Waals surface area contributed by atoms with Gasteiger partial charge in [-0.25, -0.2) is 4.79 Å². The van der Waals surface area contributed by atoms with Gasteiger partial charge >= 0.3 is 5.97 Å². The van der Waals surface area contributed by atoms with Gasteiger partial charge in [0.1, 0.15) is 5.69 Å². The summed E-state index contributed by atoms with van der Waals surface area (Å²) in [6, 6.07) is 3.14. The first-order chi connectivity index (χ1) is 9.41. The molecule has 1 heterocycles. The lowest BCUT2D eigenvalue weighted by molar-refractivity contribution is 0.0621. The van der Waals surface area contributed by atoms with Crippen molar-refractivity contribution in [3.8, 4) is 0 Å². The van der Waals surface area contributed by atoms with Crippen molar-refractivity contribution in [1.82, 2.24) is 9.88 Å². The van der Waals surface area contributed by atoms with E-state index in [9.17, 15) is 9.59 Å². The quantitative estimate of drug-likeness (QED) is 0.896. The van der Waals surface area contributed by atoms with E-state index in [0.29, 0.717) is 5.92 Å². The van der Waals surface area contributed by atoms with Crippen LogP contribution in [0.15, 0.2) is 18.3 Å². The van der Waals surface area contributed by atoms with E-state index in [1.165, 1.54) is 18.3 Å². The summed E-state index contributed by atoms with van der Waals surface area (Å²) in [5.74, 6) is -0.865. The highest BCUT2D eigenvalue weighted by Gasteiger charge is 2.37. The van der Waals surface area contributed by atoms with Gasteiger partial charge in [-0.15, -0.1) is 0 Å². The first-order valence-corrected chi connectivity index (χ1v) is 6.93. The summed E-state index contributed by atoms with van der Waals surface area (Å²) in [6.07, 6.45) is 3.41. The summed E-state index contributed by atoms with van der Waals surface area (Å²) in [5.41, 5.74) is 0.306. The number of carbonyl (C=O) groups is 2. The average Bonchev–Trinajstić information content (AvgIpc) is 3.23. The first-order valence-electron chi connectivity index (χ1n) is 6.93. The maximum absolute atomic E-state index is 12.6. The van der Waals surface area contributed by atoms with Crippen molar-refractivity contribution in [2.75, 3.05) is 0 Å². The molecule has 1 aliphatic carbocycles. The van der Waals surface area contributed by atoms with Gasteiger partial charge in [0.2, 0.25) is 0 Å². The molecule has 0 bridgehead atoms. The number of aromatic nitrogens is 1. The summed E-state index contributed by atoms with van der Waals surface area (Å²) >= 11 is 0. The zero-order chi connectivity index (χ0) is 14.9. The van der Waals surface area contributed by atoms with Crippen LogP contribution >= 0.6 is 0 Å². The highest BCUT2D eigenvalue weighted by atomic mass is 16.4. The van der Waals surface area contributed by atoms with Crippen molar-refractivity contribution in [3.05, 3.63) is 29.6 Å². The molecule has 1 N–H and O–H groups in total. The number of carboxylic acids is 1. The molecule has 1 fully saturated rings. The second-order valence-corrected chi connectivity index (χ2v) is 5.66. The number of nitrogens with zero attached hydrogens (tertiary/aromatic N) is 2. The number of hydrogen-bond donors (Lipinski definition) is 1. The number of aromatic carboxylic acids is 1. The SMILES string of the molecule is CC(C)C(C)N(C(=O)c1cc(C(=O)O)ccn1)C1CC1. The number of amides is 1. The van der Waals surface area contributed by atoms with Crippen LogP contribution in [0.3, 0.4) is 0 Å². The molecule has 108 valence electrons. The Morgan fingerprint density at radius 2 is 2.00 bits per heavy atom. The molecule has 0 saturated heterocycles. The molecule has 20 heavy (non-hydrogen) atoms. The topological polar surface area (TPSA) is 70.5 Å². The van der Waals surface area contributed by atoms with E-state index >= 15 is 0 Å². The van der Waals surface area contributed by atoms with Crippen LogP contribution in [0.25, 0.3) is 0 Å². The largest absolute Gasteiger partial charge is 0.478 e. The zero-order valence-electron chi connectivity index (χ0n) is 12.0. The second kappa shape index (κ2) is 5.61. The van der Waals surface area contributed by atoms with E-state index in [-0.39, 0.29) is 29.2 Å². The fourth-order valence-electron chi connectivity index (χ4n) is 2.17. The summed E-state index contributed by atoms with van der Waals surface area (Å²) in [6.45, 7) is 6.19. The second-order valence-electron chi connectivity index (χ2n) is 5.66. The van der Waals surface area contributed by atoms with Crippen LogP contribution in [0.4, 0.5) is 0 Å². The molecule has 5 nitrogen and oxygen atoms in total. The first kappa shape index (κ1) is 14.5. The molecule has 0 aromatic carbocycles. The summed E-state index contributed by atoms with van der Waals surface area (Å²) in [5, 5.41) is 9.00. The van der Waals surface area contributed by atoms with Crippen LogP contribution < -0.4 is 0 Å². The number of hydrogen-bond acceptors (Lipinski definition) is 3. The minimum Gasteiger partial charge on any atom is -0.478 e. The minimum absolute atomic E-state index is 0.0938. The van der Waals surface area contributed by atoms with Gasteiger partial charge in [-0.2, -0.15) is 0 Å². The van der Waals surface area contributed by atoms with E-state index in [1.54, 1.807) is 0 Å². The van der Waals surface area contributed by atoms with Gasteiger partial charge in [0.15, 0.2) is 0 Å². The third kappa shape index (κ3) is 2.98. The van der Waals surface area contributed by atoms with Crippen molar-refractivity contribution in [2.24, 2.45) is 5.92 Å². The van der Waals surface area contributed by atoms with E-state index in [2.05, 4.69) is 18.8 Å². The van der Waals surface area contributed by atoms with Gasteiger partial charge in [0.25, 0.3) is 5.91 Å². The molecular weight excluding hydrogens is 256 g/mol. The minimum atomic E-state index is -1.05. The summed E-state index contributed by atoms with van der Waals surface area (Å²) in [7, 11) is 0. The Hall–Kier alpha value is -1.91. The summed E-state index contributed by atoms with van der Waals surface area (Å²) < 4.78 is 0. The molecule has 1 atom stereocenters. The predicted octanol–water partition coefficient (Wildman–Crippen LogP) is 2.43. The maximum atomic E-state index is 12.6. The molecule has 1 aromatic rings. The monoisotopic (exact) mass is 276 g/mol. The Morgan fingerprint density at radius 1 is 1.35 bits per heavy atom. The van der Waals surface area contributed by atoms with Gasteiger partial charge in [-0.1, -0.05) is 13.8 Å². The van der Waals surface area contributed by atoms with Crippen LogP contribution in [0.5, 0.6) is 0 Å². The van der Waals surface area contributed by atoms with Crippen molar-refractivity contribution in [1.29, 1.82) is 0 Å². The third-order valence-electron chi connectivity index (χ3n) is 3.80. The molecule has 1 amide bonds. The molecule has 0 radical (unpaired) electrons. The fraction of sp³-hybridized carbons (Fsp3) is 0.533. The lowest BCUT2D eigenvalue weighted by atomic mass is 10.0. The van der Waals surface area contributed by atoms with Gasteiger partial charge in [0.05, 0.1) is 5.56 Å². The molecule has 1 aliphatic rings. The van der Waals surface area contributed by atoms with Gasteiger partial charge in [0, 0.05) is 18.3 Å². The molecular formula is C15H20N2O3. The Kier molecular flexibility index (Phi) is 4.06. The van der Waals surface area contributed by atoms with Crippen LogP contribution in [0.2, 0.25) is 0 Å². The van der Waals surface area contributed by atoms with Gasteiger partial charge in [-0.3, -0.25) is 9.78 Å². The Labute approximate surface area is 118 Å². The Balaban J connectivity index is 2.28. The third-order valence-corrected chi connectivity index (χ3v) is 3.80. The zero-order valence-corrected chi connectivity index (χ0v) is 12.0. The number of rotatable bonds is 5. The fourth-order valence-corrected chi connectivity index (χ4v) is 2.17. The van der Waals surface area contributed by atoms with Crippen LogP contribution in [-0.2, 0) is 0 Å². The molecule has 1 aromatic heterocycles. The highest BCUT2D eigenvalue weighted by molar-refractivity contribution is 5.96. The van der Waals surface area contributed by atoms with Crippen LogP contribution in [0, 0.1) is 5.92 Å². The molecule has 2 rings (SSSR count). The number of pyridine rings is 1. The smallest absolute Gasteiger partial charge is 0.335 e. The molecule has 5 heteroatoms. The molecule has 1 unspecified atom stereocenters. The van der Waals surface area contributed by atoms with Crippen LogP contribution in [-0.4, -0.2) is 39.0 Å². The highest BCUT2D eigenvalue weighted by Crippen LogP contribution is 2.31. The van der Waals surface area contributed by atoms with Crippen LogP contribution in [0.1, 0.15) is 54.5 Å². The summed E-state index contributed by atoms with van der Waals surface area (Å²) in [4.78, 5) is 29.5. The average molecular weight is 276 g/mol. The Bertz CT molecular complexity index is 524. The van der Waals surface area contributed by atoms with Crippen molar-refractivity contribution in [3.63, 3.8) is 0 Å². The van der Waals surface area contributed by atoms with E-state index in [4.69, 9.17) is 5.11 Å². The lowest BCUT2D eigenvalue weighted by Gasteiger charge is -2.31. The van der Waals surface area contributed by atoms with Crippen molar-refractivity contribution < 1.29 is 14.7 Å². The lowest BCUT2D eigenvalue weighted by Crippen LogP contribution is -2.43. The molecule has 0 aliphatic heterocycles. The molecule has 1 saturated carbocycles. The maximum Gasteiger partial charge on any atom is 0.335 e. The predicted molar refractivity (Wildman–Crippen MR) is 74.7 cm³/mol. The molecule has 0 spiro atoms. The normalized spacial score (nSPS) is 16.0.